The quantitative estimate of drug-likeness (QED) is 0.759. The van der Waals surface area contributed by atoms with Crippen molar-refractivity contribution in [2.45, 2.75) is 25.9 Å². The molecule has 20 heavy (non-hydrogen) atoms. The molecule has 0 bridgehead atoms. The Morgan fingerprint density at radius 2 is 1.90 bits per heavy atom. The molecule has 2 unspecified atom stereocenters. The molecule has 1 aromatic carbocycles. The van der Waals surface area contributed by atoms with Crippen LogP contribution in [0.25, 0.3) is 6.08 Å². The highest BCUT2D eigenvalue weighted by atomic mass is 19.4. The van der Waals surface area contributed by atoms with Gasteiger partial charge in [0.1, 0.15) is 0 Å². The third-order valence-corrected chi connectivity index (χ3v) is 3.09. The minimum atomic E-state index is -4.46. The van der Waals surface area contributed by atoms with E-state index in [2.05, 4.69) is 6.58 Å². The summed E-state index contributed by atoms with van der Waals surface area (Å²) in [7, 11) is 0. The van der Waals surface area contributed by atoms with Gasteiger partial charge < -0.3 is 4.74 Å². The van der Waals surface area contributed by atoms with Crippen molar-refractivity contribution in [2.24, 2.45) is 5.92 Å². The van der Waals surface area contributed by atoms with Gasteiger partial charge in [0, 0.05) is 0 Å². The highest BCUT2D eigenvalue weighted by molar-refractivity contribution is 5.78. The second-order valence-corrected chi connectivity index (χ2v) is 4.43. The molecular weight excluding hydrogens is 269 g/mol. The van der Waals surface area contributed by atoms with Crippen molar-refractivity contribution in [3.8, 4) is 0 Å². The van der Waals surface area contributed by atoms with E-state index in [0.29, 0.717) is 5.56 Å². The molecule has 2 atom stereocenters. The number of halogens is 3. The van der Waals surface area contributed by atoms with Crippen molar-refractivity contribution in [3.05, 3.63) is 42.0 Å². The van der Waals surface area contributed by atoms with Gasteiger partial charge in [-0.1, -0.05) is 43.8 Å². The molecule has 0 N–H and O–H groups in total. The van der Waals surface area contributed by atoms with Crippen molar-refractivity contribution < 1.29 is 22.7 Å². The number of hydrogen-bond acceptors (Lipinski definition) is 2. The van der Waals surface area contributed by atoms with E-state index in [4.69, 9.17) is 4.74 Å². The summed E-state index contributed by atoms with van der Waals surface area (Å²) >= 11 is 0. The number of carbonyl (C=O) groups excluding carboxylic acids is 1. The Morgan fingerprint density at radius 1 is 1.35 bits per heavy atom. The van der Waals surface area contributed by atoms with E-state index in [1.807, 2.05) is 0 Å². The van der Waals surface area contributed by atoms with Crippen LogP contribution in [0.2, 0.25) is 0 Å². The maximum absolute atomic E-state index is 12.9. The first-order valence-electron chi connectivity index (χ1n) is 6.27. The molecule has 0 fully saturated rings. The lowest BCUT2D eigenvalue weighted by molar-refractivity contribution is -0.185. The minimum absolute atomic E-state index is 0.0463. The Balaban J connectivity index is 3.15. The first kappa shape index (κ1) is 16.3. The standard InChI is InChI=1S/C15H17F3O2/c1-4-11-6-8-12(9-7-11)13(14(19)20-5-2)10(3)15(16,17)18/h4,6-10,13H,1,5H2,2-3H3. The summed E-state index contributed by atoms with van der Waals surface area (Å²) in [6.45, 7) is 6.17. The van der Waals surface area contributed by atoms with Gasteiger partial charge in [-0.2, -0.15) is 13.2 Å². The third kappa shape index (κ3) is 3.85. The van der Waals surface area contributed by atoms with E-state index in [-0.39, 0.29) is 6.61 Å². The van der Waals surface area contributed by atoms with Crippen LogP contribution in [0.3, 0.4) is 0 Å². The third-order valence-electron chi connectivity index (χ3n) is 3.09. The molecule has 0 saturated heterocycles. The summed E-state index contributed by atoms with van der Waals surface area (Å²) in [5.41, 5.74) is 1.06. The SMILES string of the molecule is C=Cc1ccc(C(C(=O)OCC)C(C)C(F)(F)F)cc1. The molecule has 2 nitrogen and oxygen atoms in total. The summed E-state index contributed by atoms with van der Waals surface area (Å²) < 4.78 is 43.5. The van der Waals surface area contributed by atoms with Gasteiger partial charge >= 0.3 is 12.1 Å². The molecule has 1 rings (SSSR count). The lowest BCUT2D eigenvalue weighted by atomic mass is 9.86. The van der Waals surface area contributed by atoms with Crippen molar-refractivity contribution in [1.29, 1.82) is 0 Å². The zero-order chi connectivity index (χ0) is 15.3. The average Bonchev–Trinajstić information content (AvgIpc) is 2.39. The molecule has 0 aliphatic rings. The highest BCUT2D eigenvalue weighted by Gasteiger charge is 2.45. The predicted molar refractivity (Wildman–Crippen MR) is 71.1 cm³/mol. The Morgan fingerprint density at radius 3 is 2.30 bits per heavy atom. The van der Waals surface area contributed by atoms with Crippen molar-refractivity contribution in [2.75, 3.05) is 6.61 Å². The summed E-state index contributed by atoms with van der Waals surface area (Å²) in [5, 5.41) is 0. The number of ether oxygens (including phenoxy) is 1. The number of carbonyl (C=O) groups is 1. The molecule has 1 aromatic rings. The molecule has 0 aliphatic carbocycles. The fourth-order valence-electron chi connectivity index (χ4n) is 1.89. The minimum Gasteiger partial charge on any atom is -0.466 e. The van der Waals surface area contributed by atoms with Crippen LogP contribution in [0, 0.1) is 5.92 Å². The Kier molecular flexibility index (Phi) is 5.36. The molecule has 5 heteroatoms. The molecule has 0 heterocycles. The predicted octanol–water partition coefficient (Wildman–Crippen LogP) is 4.17. The van der Waals surface area contributed by atoms with E-state index in [1.165, 1.54) is 12.1 Å². The van der Waals surface area contributed by atoms with Gasteiger partial charge in [-0.25, -0.2) is 0 Å². The lowest BCUT2D eigenvalue weighted by Crippen LogP contribution is -2.32. The molecule has 0 aromatic heterocycles. The lowest BCUT2D eigenvalue weighted by Gasteiger charge is -2.24. The maximum atomic E-state index is 12.9. The van der Waals surface area contributed by atoms with E-state index in [0.717, 1.165) is 12.5 Å². The van der Waals surface area contributed by atoms with Crippen LogP contribution in [0.4, 0.5) is 13.2 Å². The molecule has 110 valence electrons. The summed E-state index contributed by atoms with van der Waals surface area (Å²) in [6.07, 6.45) is -2.88. The van der Waals surface area contributed by atoms with Gasteiger partial charge in [-0.3, -0.25) is 4.79 Å². The molecule has 0 amide bonds. The van der Waals surface area contributed by atoms with Gasteiger partial charge in [0.25, 0.3) is 0 Å². The van der Waals surface area contributed by atoms with Crippen molar-refractivity contribution in [3.63, 3.8) is 0 Å². The second kappa shape index (κ2) is 6.59. The van der Waals surface area contributed by atoms with Gasteiger partial charge in [-0.05, 0) is 18.1 Å². The summed E-state index contributed by atoms with van der Waals surface area (Å²) in [4.78, 5) is 11.8. The topological polar surface area (TPSA) is 26.3 Å². The maximum Gasteiger partial charge on any atom is 0.392 e. The van der Waals surface area contributed by atoms with Crippen LogP contribution in [-0.4, -0.2) is 18.8 Å². The summed E-state index contributed by atoms with van der Waals surface area (Å²) in [6, 6.07) is 6.25. The van der Waals surface area contributed by atoms with Crippen molar-refractivity contribution in [1.82, 2.24) is 0 Å². The number of rotatable bonds is 5. The first-order valence-corrected chi connectivity index (χ1v) is 6.27. The van der Waals surface area contributed by atoms with Gasteiger partial charge in [0.15, 0.2) is 0 Å². The Bertz CT molecular complexity index is 463. The molecule has 0 aliphatic heterocycles. The van der Waals surface area contributed by atoms with E-state index < -0.39 is 24.0 Å². The smallest absolute Gasteiger partial charge is 0.392 e. The van der Waals surface area contributed by atoms with Crippen LogP contribution in [0.5, 0.6) is 0 Å². The first-order chi connectivity index (χ1) is 9.31. The van der Waals surface area contributed by atoms with Crippen LogP contribution in [0.15, 0.2) is 30.8 Å². The van der Waals surface area contributed by atoms with Crippen LogP contribution in [-0.2, 0) is 9.53 Å². The van der Waals surface area contributed by atoms with E-state index in [9.17, 15) is 18.0 Å². The van der Waals surface area contributed by atoms with Gasteiger partial charge in [0.2, 0.25) is 0 Å². The summed E-state index contributed by atoms with van der Waals surface area (Å²) in [5.74, 6) is -4.02. The number of hydrogen-bond donors (Lipinski definition) is 0. The average molecular weight is 286 g/mol. The normalized spacial score (nSPS) is 14.4. The fourth-order valence-corrected chi connectivity index (χ4v) is 1.89. The van der Waals surface area contributed by atoms with Crippen LogP contribution < -0.4 is 0 Å². The molecule has 0 saturated carbocycles. The van der Waals surface area contributed by atoms with Gasteiger partial charge in [0.05, 0.1) is 18.4 Å². The largest absolute Gasteiger partial charge is 0.466 e. The Hall–Kier alpha value is -1.78. The zero-order valence-electron chi connectivity index (χ0n) is 11.4. The number of esters is 1. The van der Waals surface area contributed by atoms with Crippen LogP contribution in [0.1, 0.15) is 30.9 Å². The second-order valence-electron chi connectivity index (χ2n) is 4.43. The highest BCUT2D eigenvalue weighted by Crippen LogP contribution is 2.38. The molecule has 0 radical (unpaired) electrons. The number of benzene rings is 1. The van der Waals surface area contributed by atoms with E-state index >= 15 is 0 Å². The monoisotopic (exact) mass is 286 g/mol. The van der Waals surface area contributed by atoms with Gasteiger partial charge in [-0.15, -0.1) is 0 Å². The van der Waals surface area contributed by atoms with Crippen LogP contribution >= 0.6 is 0 Å². The Labute approximate surface area is 116 Å². The van der Waals surface area contributed by atoms with E-state index in [1.54, 1.807) is 25.1 Å². The van der Waals surface area contributed by atoms with Crippen molar-refractivity contribution >= 4 is 12.0 Å². The molecule has 0 spiro atoms. The zero-order valence-corrected chi connectivity index (χ0v) is 11.4. The molecular formula is C15H17F3O2. The number of alkyl halides is 3. The fraction of sp³-hybridized carbons (Fsp3) is 0.400.